The SMILES string of the molecule is CC(C)c1ccc(S(=O)(=O)NCCN([C@H]2CCS(=O)(=O)C2)S(=O)(=O)c2ccc(C(C)C)cc2)cc1. The minimum absolute atomic E-state index is 0.0540. The number of nitrogens with one attached hydrogen (secondary N) is 1. The van der Waals surface area contributed by atoms with E-state index in [1.807, 2.05) is 27.7 Å². The highest BCUT2D eigenvalue weighted by Gasteiger charge is 2.38. The van der Waals surface area contributed by atoms with Gasteiger partial charge in [0.05, 0.1) is 21.3 Å². The molecule has 2 aromatic carbocycles. The van der Waals surface area contributed by atoms with Crippen LogP contribution in [0.4, 0.5) is 0 Å². The molecule has 0 radical (unpaired) electrons. The highest BCUT2D eigenvalue weighted by atomic mass is 32.2. The van der Waals surface area contributed by atoms with Crippen molar-refractivity contribution in [1.82, 2.24) is 9.03 Å². The van der Waals surface area contributed by atoms with Crippen molar-refractivity contribution >= 4 is 29.9 Å². The van der Waals surface area contributed by atoms with Crippen LogP contribution in [0.25, 0.3) is 0 Å². The Bertz CT molecular complexity index is 1330. The van der Waals surface area contributed by atoms with Crippen molar-refractivity contribution in [2.24, 2.45) is 0 Å². The van der Waals surface area contributed by atoms with Crippen molar-refractivity contribution < 1.29 is 25.3 Å². The second-order valence-electron chi connectivity index (χ2n) is 9.52. The zero-order chi connectivity index (χ0) is 26.0. The molecule has 11 heteroatoms. The Kier molecular flexibility index (Phi) is 8.48. The van der Waals surface area contributed by atoms with Gasteiger partial charge >= 0.3 is 0 Å². The molecule has 0 aromatic heterocycles. The molecule has 8 nitrogen and oxygen atoms in total. The minimum atomic E-state index is -4.04. The van der Waals surface area contributed by atoms with Gasteiger partial charge in [-0.1, -0.05) is 52.0 Å². The Morgan fingerprint density at radius 3 is 1.77 bits per heavy atom. The molecule has 194 valence electrons. The Balaban J connectivity index is 1.81. The monoisotopic (exact) mass is 542 g/mol. The van der Waals surface area contributed by atoms with Crippen LogP contribution >= 0.6 is 0 Å². The molecular weight excluding hydrogens is 508 g/mol. The lowest BCUT2D eigenvalue weighted by Gasteiger charge is -2.27. The standard InChI is InChI=1S/C24H34N2O6S3/c1-18(2)20-5-9-23(10-6-20)34(29,30)25-14-15-26(22-13-16-33(27,28)17-22)35(31,32)24-11-7-21(8-12-24)19(3)4/h5-12,18-19,22,25H,13-17H2,1-4H3/t22-/m0/s1. The van der Waals surface area contributed by atoms with Gasteiger partial charge in [-0.15, -0.1) is 0 Å². The fourth-order valence-corrected chi connectivity index (χ4v) is 8.57. The third-order valence-corrected chi connectivity index (χ3v) is 11.4. The molecule has 35 heavy (non-hydrogen) atoms. The van der Waals surface area contributed by atoms with Crippen molar-refractivity contribution in [2.45, 2.75) is 61.8 Å². The van der Waals surface area contributed by atoms with Gasteiger partial charge in [0.1, 0.15) is 0 Å². The fraction of sp³-hybridized carbons (Fsp3) is 0.500. The quantitative estimate of drug-likeness (QED) is 0.493. The van der Waals surface area contributed by atoms with E-state index in [9.17, 15) is 25.3 Å². The molecule has 0 aliphatic carbocycles. The average molecular weight is 543 g/mol. The molecule has 0 saturated carbocycles. The van der Waals surface area contributed by atoms with Crippen molar-refractivity contribution in [3.63, 3.8) is 0 Å². The number of sulfone groups is 1. The van der Waals surface area contributed by atoms with Crippen LogP contribution < -0.4 is 4.72 Å². The Hall–Kier alpha value is -1.79. The van der Waals surface area contributed by atoms with Gasteiger partial charge in [-0.2, -0.15) is 4.31 Å². The summed E-state index contributed by atoms with van der Waals surface area (Å²) in [4.78, 5) is 0.141. The normalized spacial score (nSPS) is 18.5. The molecule has 1 N–H and O–H groups in total. The summed E-state index contributed by atoms with van der Waals surface area (Å²) in [7, 11) is -11.3. The zero-order valence-corrected chi connectivity index (χ0v) is 23.0. The number of hydrogen-bond donors (Lipinski definition) is 1. The summed E-state index contributed by atoms with van der Waals surface area (Å²) >= 11 is 0. The van der Waals surface area contributed by atoms with Gasteiger partial charge in [0, 0.05) is 19.1 Å². The number of benzene rings is 2. The van der Waals surface area contributed by atoms with E-state index in [4.69, 9.17) is 0 Å². The second-order valence-corrected chi connectivity index (χ2v) is 15.4. The maximum absolute atomic E-state index is 13.5. The van der Waals surface area contributed by atoms with Crippen molar-refractivity contribution in [3.05, 3.63) is 59.7 Å². The van der Waals surface area contributed by atoms with Gasteiger partial charge in [0.2, 0.25) is 20.0 Å². The van der Waals surface area contributed by atoms with Crippen LogP contribution in [0.3, 0.4) is 0 Å². The maximum atomic E-state index is 13.5. The van der Waals surface area contributed by atoms with Gasteiger partial charge in [-0.3, -0.25) is 0 Å². The van der Waals surface area contributed by atoms with E-state index in [2.05, 4.69) is 4.72 Å². The number of nitrogens with zero attached hydrogens (tertiary/aromatic N) is 1. The van der Waals surface area contributed by atoms with Gasteiger partial charge in [0.25, 0.3) is 0 Å². The van der Waals surface area contributed by atoms with Crippen molar-refractivity contribution in [1.29, 1.82) is 0 Å². The molecule has 1 fully saturated rings. The van der Waals surface area contributed by atoms with Crippen LogP contribution in [0.2, 0.25) is 0 Å². The molecule has 3 rings (SSSR count). The molecular formula is C24H34N2O6S3. The molecule has 1 heterocycles. The van der Waals surface area contributed by atoms with E-state index in [1.165, 1.54) is 24.3 Å². The number of rotatable bonds is 10. The van der Waals surface area contributed by atoms with Crippen molar-refractivity contribution in [2.75, 3.05) is 24.6 Å². The van der Waals surface area contributed by atoms with Crippen LogP contribution in [0.5, 0.6) is 0 Å². The minimum Gasteiger partial charge on any atom is -0.229 e. The van der Waals surface area contributed by atoms with Crippen LogP contribution in [-0.4, -0.2) is 60.2 Å². The first-order valence-corrected chi connectivity index (χ1v) is 16.4. The topological polar surface area (TPSA) is 118 Å². The van der Waals surface area contributed by atoms with Gasteiger partial charge < -0.3 is 0 Å². The van der Waals surface area contributed by atoms with Gasteiger partial charge in [-0.25, -0.2) is 30.0 Å². The highest BCUT2D eigenvalue weighted by molar-refractivity contribution is 7.92. The predicted molar refractivity (Wildman–Crippen MR) is 137 cm³/mol. The first-order chi connectivity index (χ1) is 16.2. The maximum Gasteiger partial charge on any atom is 0.243 e. The summed E-state index contributed by atoms with van der Waals surface area (Å²) < 4.78 is 80.3. The largest absolute Gasteiger partial charge is 0.243 e. The van der Waals surface area contributed by atoms with Gasteiger partial charge in [0.15, 0.2) is 9.84 Å². The molecule has 1 atom stereocenters. The average Bonchev–Trinajstić information content (AvgIpc) is 3.15. The molecule has 1 saturated heterocycles. The lowest BCUT2D eigenvalue weighted by molar-refractivity contribution is 0.343. The zero-order valence-electron chi connectivity index (χ0n) is 20.5. The molecule has 0 spiro atoms. The smallest absolute Gasteiger partial charge is 0.229 e. The Labute approximate surface area is 209 Å². The molecule has 2 aromatic rings. The Morgan fingerprint density at radius 2 is 1.34 bits per heavy atom. The fourth-order valence-electron chi connectivity index (χ4n) is 4.07. The summed E-state index contributed by atoms with van der Waals surface area (Å²) in [5, 5.41) is 0. The molecule has 0 unspecified atom stereocenters. The van der Waals surface area contributed by atoms with E-state index in [0.717, 1.165) is 15.4 Å². The summed E-state index contributed by atoms with van der Waals surface area (Å²) in [6.45, 7) is 7.65. The molecule has 1 aliphatic rings. The summed E-state index contributed by atoms with van der Waals surface area (Å²) in [5.74, 6) is 0.117. The molecule has 0 bridgehead atoms. The van der Waals surface area contributed by atoms with E-state index >= 15 is 0 Å². The van der Waals surface area contributed by atoms with E-state index < -0.39 is 35.9 Å². The summed E-state index contributed by atoms with van der Waals surface area (Å²) in [6.07, 6.45) is 0.176. The first-order valence-electron chi connectivity index (χ1n) is 11.6. The Morgan fingerprint density at radius 1 is 0.857 bits per heavy atom. The van der Waals surface area contributed by atoms with Crippen molar-refractivity contribution in [3.8, 4) is 0 Å². The lowest BCUT2D eigenvalue weighted by Crippen LogP contribution is -2.45. The van der Waals surface area contributed by atoms with Gasteiger partial charge in [-0.05, 0) is 53.6 Å². The highest BCUT2D eigenvalue weighted by Crippen LogP contribution is 2.26. The van der Waals surface area contributed by atoms with E-state index in [-0.39, 0.29) is 52.6 Å². The number of hydrogen-bond acceptors (Lipinski definition) is 6. The van der Waals surface area contributed by atoms with Crippen LogP contribution in [-0.2, 0) is 29.9 Å². The summed E-state index contributed by atoms with van der Waals surface area (Å²) in [5.41, 5.74) is 1.99. The molecule has 0 amide bonds. The second kappa shape index (κ2) is 10.7. The lowest BCUT2D eigenvalue weighted by atomic mass is 10.0. The number of sulfonamides is 2. The van der Waals surface area contributed by atoms with Crippen LogP contribution in [0.15, 0.2) is 58.3 Å². The molecule has 1 aliphatic heterocycles. The third kappa shape index (κ3) is 6.71. The predicted octanol–water partition coefficient (Wildman–Crippen LogP) is 3.09. The van der Waals surface area contributed by atoms with E-state index in [1.54, 1.807) is 24.3 Å². The summed E-state index contributed by atoms with van der Waals surface area (Å²) in [6, 6.07) is 12.3. The first kappa shape index (κ1) is 27.8. The van der Waals surface area contributed by atoms with E-state index in [0.29, 0.717) is 0 Å². The van der Waals surface area contributed by atoms with Crippen LogP contribution in [0.1, 0.15) is 57.1 Å². The third-order valence-electron chi connectivity index (χ3n) is 6.25. The van der Waals surface area contributed by atoms with Crippen LogP contribution in [0, 0.1) is 0 Å².